The molecule has 0 spiro atoms. The van der Waals surface area contributed by atoms with Crippen molar-refractivity contribution in [2.24, 2.45) is 0 Å². The van der Waals surface area contributed by atoms with Gasteiger partial charge in [-0.1, -0.05) is 11.6 Å². The molecule has 0 saturated carbocycles. The molecule has 102 valence electrons. The Kier molecular flexibility index (Phi) is 4.32. The summed E-state index contributed by atoms with van der Waals surface area (Å²) in [7, 11) is 1.62. The van der Waals surface area contributed by atoms with Crippen LogP contribution in [0.4, 0.5) is 5.69 Å². The molecule has 1 heterocycles. The second kappa shape index (κ2) is 5.97. The van der Waals surface area contributed by atoms with E-state index in [1.54, 1.807) is 13.3 Å². The standard InChI is InChI=1S/C14H18ClN3O/c1-10(2)18(9-14-16-6-7-17-14)11-4-5-12(15)13(8-11)19-3/h4-8,10H,9H2,1-3H3,(H,16,17). The maximum atomic E-state index is 6.06. The third-order valence-electron chi connectivity index (χ3n) is 2.96. The summed E-state index contributed by atoms with van der Waals surface area (Å²) in [6, 6.07) is 6.14. The van der Waals surface area contributed by atoms with E-state index in [4.69, 9.17) is 16.3 Å². The molecule has 1 N–H and O–H groups in total. The number of nitrogens with one attached hydrogen (secondary N) is 1. The predicted molar refractivity (Wildman–Crippen MR) is 77.9 cm³/mol. The second-order valence-electron chi connectivity index (χ2n) is 4.58. The number of aromatic amines is 1. The average molecular weight is 280 g/mol. The van der Waals surface area contributed by atoms with Gasteiger partial charge in [0.1, 0.15) is 11.6 Å². The van der Waals surface area contributed by atoms with E-state index < -0.39 is 0 Å². The van der Waals surface area contributed by atoms with E-state index in [2.05, 4.69) is 28.7 Å². The smallest absolute Gasteiger partial charge is 0.139 e. The molecule has 0 aliphatic rings. The van der Waals surface area contributed by atoms with E-state index in [1.165, 1.54) is 0 Å². The van der Waals surface area contributed by atoms with Crippen molar-refractivity contribution in [2.45, 2.75) is 26.4 Å². The van der Waals surface area contributed by atoms with Gasteiger partial charge in [0.2, 0.25) is 0 Å². The van der Waals surface area contributed by atoms with Crippen LogP contribution in [0.2, 0.25) is 5.02 Å². The van der Waals surface area contributed by atoms with Crippen LogP contribution in [0.5, 0.6) is 5.75 Å². The number of H-pyrrole nitrogens is 1. The van der Waals surface area contributed by atoms with Crippen molar-refractivity contribution < 1.29 is 4.74 Å². The highest BCUT2D eigenvalue weighted by molar-refractivity contribution is 6.32. The first-order valence-corrected chi connectivity index (χ1v) is 6.58. The first-order chi connectivity index (χ1) is 9.11. The molecule has 1 aromatic heterocycles. The van der Waals surface area contributed by atoms with E-state index in [0.717, 1.165) is 18.1 Å². The minimum atomic E-state index is 0.344. The molecule has 1 aromatic carbocycles. The Balaban J connectivity index is 2.28. The maximum absolute atomic E-state index is 6.06. The number of halogens is 1. The van der Waals surface area contributed by atoms with Crippen LogP contribution < -0.4 is 9.64 Å². The van der Waals surface area contributed by atoms with Gasteiger partial charge in [-0.15, -0.1) is 0 Å². The number of hydrogen-bond acceptors (Lipinski definition) is 3. The lowest BCUT2D eigenvalue weighted by Gasteiger charge is -2.28. The minimum Gasteiger partial charge on any atom is -0.495 e. The molecule has 0 fully saturated rings. The Hall–Kier alpha value is -1.68. The van der Waals surface area contributed by atoms with Crippen LogP contribution in [-0.4, -0.2) is 23.1 Å². The highest BCUT2D eigenvalue weighted by Gasteiger charge is 2.14. The lowest BCUT2D eigenvalue weighted by molar-refractivity contribution is 0.415. The van der Waals surface area contributed by atoms with Crippen molar-refractivity contribution in [3.05, 3.63) is 41.4 Å². The first-order valence-electron chi connectivity index (χ1n) is 6.20. The molecule has 2 aromatic rings. The number of aromatic nitrogens is 2. The summed E-state index contributed by atoms with van der Waals surface area (Å²) in [5.74, 6) is 1.62. The van der Waals surface area contributed by atoms with Crippen LogP contribution >= 0.6 is 11.6 Å². The summed E-state index contributed by atoms with van der Waals surface area (Å²) in [6.45, 7) is 5.00. The van der Waals surface area contributed by atoms with Crippen LogP contribution in [0.25, 0.3) is 0 Å². The lowest BCUT2D eigenvalue weighted by Crippen LogP contribution is -2.30. The van der Waals surface area contributed by atoms with E-state index in [1.807, 2.05) is 24.4 Å². The number of rotatable bonds is 5. The predicted octanol–water partition coefficient (Wildman–Crippen LogP) is 3.49. The highest BCUT2D eigenvalue weighted by Crippen LogP contribution is 2.30. The monoisotopic (exact) mass is 279 g/mol. The van der Waals surface area contributed by atoms with Gasteiger partial charge in [-0.3, -0.25) is 0 Å². The van der Waals surface area contributed by atoms with Crippen molar-refractivity contribution >= 4 is 17.3 Å². The number of hydrogen-bond donors (Lipinski definition) is 1. The van der Waals surface area contributed by atoms with Crippen molar-refractivity contribution in [3.63, 3.8) is 0 Å². The third kappa shape index (κ3) is 3.20. The normalized spacial score (nSPS) is 10.8. The molecule has 0 atom stereocenters. The minimum absolute atomic E-state index is 0.344. The van der Waals surface area contributed by atoms with Crippen LogP contribution in [0.1, 0.15) is 19.7 Å². The molecule has 0 unspecified atom stereocenters. The van der Waals surface area contributed by atoms with E-state index in [0.29, 0.717) is 16.8 Å². The molecule has 19 heavy (non-hydrogen) atoms. The second-order valence-corrected chi connectivity index (χ2v) is 4.98. The summed E-state index contributed by atoms with van der Waals surface area (Å²) in [5.41, 5.74) is 1.06. The molecular weight excluding hydrogens is 262 g/mol. The number of methoxy groups -OCH3 is 1. The molecule has 2 rings (SSSR count). The highest BCUT2D eigenvalue weighted by atomic mass is 35.5. The van der Waals surface area contributed by atoms with Crippen LogP contribution in [0.15, 0.2) is 30.6 Å². The van der Waals surface area contributed by atoms with E-state index >= 15 is 0 Å². The topological polar surface area (TPSA) is 41.1 Å². The number of anilines is 1. The zero-order valence-electron chi connectivity index (χ0n) is 11.4. The fourth-order valence-corrected chi connectivity index (χ4v) is 2.14. The van der Waals surface area contributed by atoms with Crippen molar-refractivity contribution in [3.8, 4) is 5.75 Å². The molecule has 0 aliphatic carbocycles. The summed E-state index contributed by atoms with van der Waals surface area (Å²) in [6.07, 6.45) is 3.59. The van der Waals surface area contributed by atoms with Gasteiger partial charge in [0, 0.05) is 30.2 Å². The Bertz CT molecular complexity index is 525. The van der Waals surface area contributed by atoms with Crippen LogP contribution in [0, 0.1) is 0 Å². The zero-order chi connectivity index (χ0) is 13.8. The largest absolute Gasteiger partial charge is 0.495 e. The molecule has 0 saturated heterocycles. The number of ether oxygens (including phenoxy) is 1. The van der Waals surface area contributed by atoms with Gasteiger partial charge >= 0.3 is 0 Å². The Morgan fingerprint density at radius 1 is 1.42 bits per heavy atom. The Morgan fingerprint density at radius 3 is 2.79 bits per heavy atom. The van der Waals surface area contributed by atoms with Gasteiger partial charge in [0.15, 0.2) is 0 Å². The Morgan fingerprint density at radius 2 is 2.21 bits per heavy atom. The summed E-state index contributed by atoms with van der Waals surface area (Å²) < 4.78 is 5.27. The fraction of sp³-hybridized carbons (Fsp3) is 0.357. The van der Waals surface area contributed by atoms with Crippen LogP contribution in [-0.2, 0) is 6.54 Å². The zero-order valence-corrected chi connectivity index (χ0v) is 12.1. The number of imidazole rings is 1. The summed E-state index contributed by atoms with van der Waals surface area (Å²) >= 11 is 6.06. The van der Waals surface area contributed by atoms with Gasteiger partial charge in [-0.05, 0) is 26.0 Å². The van der Waals surface area contributed by atoms with Crippen molar-refractivity contribution in [1.82, 2.24) is 9.97 Å². The van der Waals surface area contributed by atoms with Gasteiger partial charge in [-0.2, -0.15) is 0 Å². The number of nitrogens with zero attached hydrogens (tertiary/aromatic N) is 2. The van der Waals surface area contributed by atoms with Gasteiger partial charge < -0.3 is 14.6 Å². The molecule has 4 nitrogen and oxygen atoms in total. The maximum Gasteiger partial charge on any atom is 0.139 e. The summed E-state index contributed by atoms with van der Waals surface area (Å²) in [5, 5.41) is 0.618. The molecule has 0 aliphatic heterocycles. The third-order valence-corrected chi connectivity index (χ3v) is 3.28. The average Bonchev–Trinajstić information content (AvgIpc) is 2.89. The van der Waals surface area contributed by atoms with E-state index in [9.17, 15) is 0 Å². The molecule has 0 radical (unpaired) electrons. The quantitative estimate of drug-likeness (QED) is 0.911. The van der Waals surface area contributed by atoms with Crippen LogP contribution in [0.3, 0.4) is 0 Å². The summed E-state index contributed by atoms with van der Waals surface area (Å²) in [4.78, 5) is 9.63. The molecule has 5 heteroatoms. The van der Waals surface area contributed by atoms with Gasteiger partial charge in [-0.25, -0.2) is 4.98 Å². The van der Waals surface area contributed by atoms with Crippen molar-refractivity contribution in [1.29, 1.82) is 0 Å². The lowest BCUT2D eigenvalue weighted by atomic mass is 10.2. The van der Waals surface area contributed by atoms with E-state index in [-0.39, 0.29) is 0 Å². The first kappa shape index (κ1) is 13.7. The van der Waals surface area contributed by atoms with Gasteiger partial charge in [0.05, 0.1) is 18.7 Å². The molecular formula is C14H18ClN3O. The SMILES string of the molecule is COc1cc(N(Cc2ncc[nH]2)C(C)C)ccc1Cl. The van der Waals surface area contributed by atoms with Gasteiger partial charge in [0.25, 0.3) is 0 Å². The number of benzene rings is 1. The fourth-order valence-electron chi connectivity index (χ4n) is 1.94. The molecule has 0 bridgehead atoms. The Labute approximate surface area is 118 Å². The molecule has 0 amide bonds. The van der Waals surface area contributed by atoms with Crippen molar-refractivity contribution in [2.75, 3.05) is 12.0 Å².